The molecule has 0 saturated carbocycles. The fourth-order valence-corrected chi connectivity index (χ4v) is 1.87. The molecule has 4 nitrogen and oxygen atoms in total. The molecule has 0 spiro atoms. The van der Waals surface area contributed by atoms with Crippen molar-refractivity contribution in [3.05, 3.63) is 33.8 Å². The van der Waals surface area contributed by atoms with Crippen LogP contribution in [0, 0.1) is 0 Å². The van der Waals surface area contributed by atoms with Gasteiger partial charge in [0.2, 0.25) is 0 Å². The maximum absolute atomic E-state index is 11.4. The summed E-state index contributed by atoms with van der Waals surface area (Å²) in [6, 6.07) is 4.51. The molecule has 0 fully saturated rings. The minimum atomic E-state index is -1.30. The third kappa shape index (κ3) is 3.15. The highest BCUT2D eigenvalue weighted by atomic mass is 35.5. The Morgan fingerprint density at radius 2 is 1.83 bits per heavy atom. The number of hydrogen-bond donors (Lipinski definition) is 2. The Labute approximate surface area is 114 Å². The van der Waals surface area contributed by atoms with Gasteiger partial charge in [0.05, 0.1) is 15.5 Å². The maximum Gasteiger partial charge on any atom is 0.313 e. The molecule has 0 aliphatic carbocycles. The van der Waals surface area contributed by atoms with E-state index in [1.54, 1.807) is 6.07 Å². The largest absolute Gasteiger partial charge is 0.481 e. The van der Waals surface area contributed by atoms with Crippen LogP contribution < -0.4 is 0 Å². The van der Waals surface area contributed by atoms with Crippen molar-refractivity contribution >= 4 is 35.1 Å². The van der Waals surface area contributed by atoms with Crippen molar-refractivity contribution in [1.29, 1.82) is 0 Å². The van der Waals surface area contributed by atoms with Gasteiger partial charge in [-0.15, -0.1) is 0 Å². The Balaban J connectivity index is 3.14. The first-order chi connectivity index (χ1) is 8.27. The zero-order valence-corrected chi connectivity index (χ0v) is 11.1. The second kappa shape index (κ2) is 5.59. The van der Waals surface area contributed by atoms with E-state index in [2.05, 4.69) is 0 Å². The third-order valence-corrected chi connectivity index (χ3v) is 3.61. The molecule has 0 aromatic heterocycles. The second-order valence-corrected chi connectivity index (χ2v) is 4.97. The van der Waals surface area contributed by atoms with E-state index in [1.807, 2.05) is 0 Å². The lowest BCUT2D eigenvalue weighted by Crippen LogP contribution is -2.33. The molecule has 1 atom stereocenters. The zero-order chi connectivity index (χ0) is 13.9. The fourth-order valence-electron chi connectivity index (χ4n) is 1.57. The lowest BCUT2D eigenvalue weighted by atomic mass is 9.78. The molecule has 0 radical (unpaired) electrons. The Morgan fingerprint density at radius 1 is 1.22 bits per heavy atom. The highest BCUT2D eigenvalue weighted by Gasteiger charge is 2.35. The average Bonchev–Trinajstić information content (AvgIpc) is 2.29. The van der Waals surface area contributed by atoms with Gasteiger partial charge in [0.1, 0.15) is 0 Å². The van der Waals surface area contributed by atoms with Crippen molar-refractivity contribution in [3.63, 3.8) is 0 Å². The number of benzene rings is 1. The van der Waals surface area contributed by atoms with Crippen molar-refractivity contribution in [1.82, 2.24) is 0 Å². The minimum Gasteiger partial charge on any atom is -0.481 e. The molecule has 1 aromatic carbocycles. The van der Waals surface area contributed by atoms with Crippen LogP contribution in [0.5, 0.6) is 0 Å². The van der Waals surface area contributed by atoms with Crippen LogP contribution in [0.25, 0.3) is 0 Å². The Morgan fingerprint density at radius 3 is 2.28 bits per heavy atom. The van der Waals surface area contributed by atoms with Gasteiger partial charge in [-0.2, -0.15) is 0 Å². The van der Waals surface area contributed by atoms with E-state index in [0.717, 1.165) is 0 Å². The topological polar surface area (TPSA) is 74.6 Å². The SMILES string of the molecule is CC(CCC(=O)O)(C(=O)O)c1ccc(Cl)c(Cl)c1. The molecule has 18 heavy (non-hydrogen) atoms. The molecule has 98 valence electrons. The molecule has 1 unspecified atom stereocenters. The van der Waals surface area contributed by atoms with Crippen molar-refractivity contribution in [3.8, 4) is 0 Å². The summed E-state index contributed by atoms with van der Waals surface area (Å²) in [7, 11) is 0. The molecule has 0 aliphatic rings. The predicted octanol–water partition coefficient (Wildman–Crippen LogP) is 3.20. The van der Waals surface area contributed by atoms with Crippen LogP contribution in [-0.2, 0) is 15.0 Å². The highest BCUT2D eigenvalue weighted by molar-refractivity contribution is 6.42. The molecule has 0 amide bonds. The van der Waals surface area contributed by atoms with Crippen LogP contribution in [0.2, 0.25) is 10.0 Å². The zero-order valence-electron chi connectivity index (χ0n) is 9.61. The Bertz CT molecular complexity index is 487. The molecule has 2 N–H and O–H groups in total. The quantitative estimate of drug-likeness (QED) is 0.873. The molecule has 0 aliphatic heterocycles. The number of aliphatic carboxylic acids is 2. The minimum absolute atomic E-state index is 0.0182. The molecular formula is C12H12Cl2O4. The van der Waals surface area contributed by atoms with Gasteiger partial charge in [0.25, 0.3) is 0 Å². The summed E-state index contributed by atoms with van der Waals surface area (Å²) in [4.78, 5) is 21.9. The van der Waals surface area contributed by atoms with Gasteiger partial charge in [0, 0.05) is 6.42 Å². The molecular weight excluding hydrogens is 279 g/mol. The summed E-state index contributed by atoms with van der Waals surface area (Å²) < 4.78 is 0. The Hall–Kier alpha value is -1.26. The molecule has 0 saturated heterocycles. The number of carboxylic acids is 2. The van der Waals surface area contributed by atoms with Crippen LogP contribution in [-0.4, -0.2) is 22.2 Å². The second-order valence-electron chi connectivity index (χ2n) is 4.16. The predicted molar refractivity (Wildman–Crippen MR) is 68.3 cm³/mol. The summed E-state index contributed by atoms with van der Waals surface area (Å²) >= 11 is 11.6. The Kier molecular flexibility index (Phi) is 4.59. The van der Waals surface area contributed by atoms with Crippen molar-refractivity contribution in [2.24, 2.45) is 0 Å². The van der Waals surface area contributed by atoms with E-state index < -0.39 is 17.4 Å². The monoisotopic (exact) mass is 290 g/mol. The normalized spacial score (nSPS) is 13.9. The molecule has 1 aromatic rings. The summed E-state index contributed by atoms with van der Waals surface area (Å²) in [5, 5.41) is 18.5. The van der Waals surface area contributed by atoms with Gasteiger partial charge < -0.3 is 10.2 Å². The maximum atomic E-state index is 11.4. The van der Waals surface area contributed by atoms with Crippen molar-refractivity contribution in [2.45, 2.75) is 25.2 Å². The van der Waals surface area contributed by atoms with E-state index in [0.29, 0.717) is 10.6 Å². The van der Waals surface area contributed by atoms with E-state index in [1.165, 1.54) is 19.1 Å². The lowest BCUT2D eigenvalue weighted by Gasteiger charge is -2.25. The fraction of sp³-hybridized carbons (Fsp3) is 0.333. The highest BCUT2D eigenvalue weighted by Crippen LogP contribution is 2.33. The van der Waals surface area contributed by atoms with Gasteiger partial charge in [0.15, 0.2) is 0 Å². The first-order valence-electron chi connectivity index (χ1n) is 5.18. The van der Waals surface area contributed by atoms with E-state index in [-0.39, 0.29) is 17.9 Å². The summed E-state index contributed by atoms with van der Waals surface area (Å²) in [6.07, 6.45) is -0.251. The van der Waals surface area contributed by atoms with Crippen molar-refractivity contribution < 1.29 is 19.8 Å². The molecule has 0 heterocycles. The van der Waals surface area contributed by atoms with Crippen molar-refractivity contribution in [2.75, 3.05) is 0 Å². The first kappa shape index (κ1) is 14.8. The average molecular weight is 291 g/mol. The van der Waals surface area contributed by atoms with Gasteiger partial charge >= 0.3 is 11.9 Å². The van der Waals surface area contributed by atoms with E-state index >= 15 is 0 Å². The molecule has 6 heteroatoms. The number of carbonyl (C=O) groups is 2. The smallest absolute Gasteiger partial charge is 0.313 e. The molecule has 0 bridgehead atoms. The van der Waals surface area contributed by atoms with Gasteiger partial charge in [-0.3, -0.25) is 9.59 Å². The number of rotatable bonds is 5. The lowest BCUT2D eigenvalue weighted by molar-refractivity contribution is -0.144. The van der Waals surface area contributed by atoms with Crippen LogP contribution in [0.1, 0.15) is 25.3 Å². The van der Waals surface area contributed by atoms with Crippen LogP contribution in [0.4, 0.5) is 0 Å². The van der Waals surface area contributed by atoms with E-state index in [4.69, 9.17) is 28.3 Å². The molecule has 1 rings (SSSR count). The van der Waals surface area contributed by atoms with Crippen LogP contribution >= 0.6 is 23.2 Å². The summed E-state index contributed by atoms with van der Waals surface area (Å²) in [5.74, 6) is -2.13. The first-order valence-corrected chi connectivity index (χ1v) is 5.93. The van der Waals surface area contributed by atoms with Gasteiger partial charge in [-0.05, 0) is 31.0 Å². The van der Waals surface area contributed by atoms with E-state index in [9.17, 15) is 14.7 Å². The number of carboxylic acid groups (broad SMARTS) is 2. The van der Waals surface area contributed by atoms with Gasteiger partial charge in [-0.25, -0.2) is 0 Å². The summed E-state index contributed by atoms with van der Waals surface area (Å²) in [6.45, 7) is 1.47. The number of hydrogen-bond acceptors (Lipinski definition) is 2. The third-order valence-electron chi connectivity index (χ3n) is 2.87. The summed E-state index contributed by atoms with van der Waals surface area (Å²) in [5.41, 5.74) is -0.863. The number of halogens is 2. The van der Waals surface area contributed by atoms with Crippen LogP contribution in [0.15, 0.2) is 18.2 Å². The van der Waals surface area contributed by atoms with Gasteiger partial charge in [-0.1, -0.05) is 29.3 Å². The standard InChI is InChI=1S/C12H12Cl2O4/c1-12(11(17)18,5-4-10(15)16)7-2-3-8(13)9(14)6-7/h2-3,6H,4-5H2,1H3,(H,15,16)(H,17,18). The van der Waals surface area contributed by atoms with Crippen LogP contribution in [0.3, 0.4) is 0 Å².